The van der Waals surface area contributed by atoms with Crippen molar-refractivity contribution in [3.8, 4) is 0 Å². The number of hydrogen-bond donors (Lipinski definition) is 1. The van der Waals surface area contributed by atoms with Gasteiger partial charge in [-0.15, -0.1) is 0 Å². The molecule has 1 N–H and O–H groups in total. The SMILES string of the molecule is CC1(C(=O)N2CC[C@@]3(Cc4ccc(F)cc4)c4ccc(C(C)(F)C(F)(F)F)cc4CC[C@@H]23)CCS(=N)(=O)CC1. The molecule has 0 bridgehead atoms. The number of likely N-dealkylation sites (tertiary alicyclic amines) is 1. The van der Waals surface area contributed by atoms with Crippen LogP contribution in [0.1, 0.15) is 61.8 Å². The minimum atomic E-state index is -5.06. The standard InChI is InChI=1S/C29H33F5N2O2S/c1-26(12-15-39(35,38)16-13-26)25(37)36-14-11-28(18-19-3-7-22(30)8-4-19)23-9-6-21(27(2,31)29(32,33)34)17-20(23)5-10-24(28)36/h3-4,6-9,17,24,35H,5,10-16,18H2,1-2H3/t24-,26?,27?,28-,39?/m1/s1. The van der Waals surface area contributed by atoms with Gasteiger partial charge in [0.15, 0.2) is 0 Å². The highest BCUT2D eigenvalue weighted by atomic mass is 32.2. The van der Waals surface area contributed by atoms with Gasteiger partial charge in [-0.25, -0.2) is 13.0 Å². The largest absolute Gasteiger partial charge is 0.426 e. The van der Waals surface area contributed by atoms with Crippen LogP contribution in [0.3, 0.4) is 0 Å². The molecule has 0 spiro atoms. The molecule has 1 amide bonds. The Morgan fingerprint density at radius 2 is 1.72 bits per heavy atom. The molecule has 39 heavy (non-hydrogen) atoms. The van der Waals surface area contributed by atoms with Crippen LogP contribution in [0.15, 0.2) is 42.5 Å². The maximum absolute atomic E-state index is 14.9. The highest BCUT2D eigenvalue weighted by molar-refractivity contribution is 7.92. The lowest BCUT2D eigenvalue weighted by molar-refractivity contribution is -0.228. The number of halogens is 5. The van der Waals surface area contributed by atoms with Crippen molar-refractivity contribution in [2.75, 3.05) is 18.1 Å². The highest BCUT2D eigenvalue weighted by Gasteiger charge is 2.57. The first kappa shape index (κ1) is 28.1. The minimum Gasteiger partial charge on any atom is -0.338 e. The zero-order valence-corrected chi connectivity index (χ0v) is 22.9. The number of hydrogen-bond acceptors (Lipinski definition) is 3. The van der Waals surface area contributed by atoms with Crippen LogP contribution >= 0.6 is 0 Å². The minimum absolute atomic E-state index is 0.0446. The molecule has 1 aliphatic carbocycles. The van der Waals surface area contributed by atoms with E-state index in [1.54, 1.807) is 18.2 Å². The molecule has 10 heteroatoms. The van der Waals surface area contributed by atoms with E-state index in [0.29, 0.717) is 57.6 Å². The second-order valence-corrected chi connectivity index (χ2v) is 14.4. The van der Waals surface area contributed by atoms with E-state index in [2.05, 4.69) is 0 Å². The number of nitrogens with zero attached hydrogens (tertiary/aromatic N) is 1. The molecule has 2 saturated heterocycles. The summed E-state index contributed by atoms with van der Waals surface area (Å²) in [5.74, 6) is -0.0603. The first-order valence-corrected chi connectivity index (χ1v) is 15.2. The average molecular weight is 569 g/mol. The van der Waals surface area contributed by atoms with E-state index in [9.17, 15) is 31.0 Å². The molecule has 212 valence electrons. The third-order valence-electron chi connectivity index (χ3n) is 9.39. The molecule has 5 rings (SSSR count). The van der Waals surface area contributed by atoms with Crippen LogP contribution in [0.5, 0.6) is 0 Å². The van der Waals surface area contributed by atoms with Crippen LogP contribution in [0.2, 0.25) is 0 Å². The summed E-state index contributed by atoms with van der Waals surface area (Å²) < 4.78 is 89.2. The lowest BCUT2D eigenvalue weighted by Gasteiger charge is -2.46. The van der Waals surface area contributed by atoms with Gasteiger partial charge in [0.1, 0.15) is 5.82 Å². The Kier molecular flexibility index (Phi) is 6.67. The Morgan fingerprint density at radius 1 is 1.08 bits per heavy atom. The summed E-state index contributed by atoms with van der Waals surface area (Å²) >= 11 is 0. The summed E-state index contributed by atoms with van der Waals surface area (Å²) in [4.78, 5) is 15.9. The number of benzene rings is 2. The summed E-state index contributed by atoms with van der Waals surface area (Å²) in [6.45, 7) is 2.85. The van der Waals surface area contributed by atoms with Gasteiger partial charge in [-0.2, -0.15) is 13.2 Å². The van der Waals surface area contributed by atoms with Gasteiger partial charge in [0.2, 0.25) is 11.6 Å². The number of aryl methyl sites for hydroxylation is 1. The van der Waals surface area contributed by atoms with Gasteiger partial charge >= 0.3 is 6.18 Å². The summed E-state index contributed by atoms with van der Waals surface area (Å²) in [6.07, 6.45) is -2.40. The smallest absolute Gasteiger partial charge is 0.338 e. The van der Waals surface area contributed by atoms with Crippen molar-refractivity contribution >= 4 is 15.6 Å². The monoisotopic (exact) mass is 568 g/mol. The molecule has 3 atom stereocenters. The Morgan fingerprint density at radius 3 is 2.33 bits per heavy atom. The highest BCUT2D eigenvalue weighted by Crippen LogP contribution is 2.52. The molecular formula is C29H33F5N2O2S. The zero-order chi connectivity index (χ0) is 28.4. The van der Waals surface area contributed by atoms with Gasteiger partial charge in [-0.05, 0) is 79.8 Å². The van der Waals surface area contributed by atoms with Crippen LogP contribution < -0.4 is 0 Å². The molecule has 0 saturated carbocycles. The fourth-order valence-electron chi connectivity index (χ4n) is 6.80. The summed E-state index contributed by atoms with van der Waals surface area (Å²) in [5, 5.41) is 0. The lowest BCUT2D eigenvalue weighted by atomic mass is 9.63. The Bertz CT molecular complexity index is 1370. The van der Waals surface area contributed by atoms with Crippen molar-refractivity contribution < 1.29 is 31.0 Å². The molecule has 2 heterocycles. The van der Waals surface area contributed by atoms with Crippen molar-refractivity contribution in [2.24, 2.45) is 5.41 Å². The number of carbonyl (C=O) groups excluding carboxylic acids is 1. The van der Waals surface area contributed by atoms with Gasteiger partial charge in [0.05, 0.1) is 0 Å². The van der Waals surface area contributed by atoms with Crippen LogP contribution in [0, 0.1) is 16.0 Å². The zero-order valence-electron chi connectivity index (χ0n) is 22.0. The second-order valence-electron chi connectivity index (χ2n) is 11.9. The van der Waals surface area contributed by atoms with Crippen LogP contribution in [0.25, 0.3) is 0 Å². The van der Waals surface area contributed by atoms with Crippen LogP contribution in [0.4, 0.5) is 22.0 Å². The third-order valence-corrected chi connectivity index (χ3v) is 11.1. The maximum Gasteiger partial charge on any atom is 0.426 e. The summed E-state index contributed by atoms with van der Waals surface area (Å²) in [7, 11) is -2.67. The van der Waals surface area contributed by atoms with Gasteiger partial charge in [-0.3, -0.25) is 9.57 Å². The van der Waals surface area contributed by atoms with E-state index < -0.39 is 38.0 Å². The molecule has 0 radical (unpaired) electrons. The Hall–Kier alpha value is -2.49. The van der Waals surface area contributed by atoms with Gasteiger partial charge in [0, 0.05) is 44.7 Å². The molecule has 2 fully saturated rings. The number of alkyl halides is 4. The van der Waals surface area contributed by atoms with Crippen molar-refractivity contribution in [3.63, 3.8) is 0 Å². The van der Waals surface area contributed by atoms with E-state index in [1.165, 1.54) is 24.3 Å². The lowest BCUT2D eigenvalue weighted by Crippen LogP contribution is -2.53. The average Bonchev–Trinajstić information content (AvgIpc) is 3.25. The van der Waals surface area contributed by atoms with Crippen molar-refractivity contribution in [1.82, 2.24) is 4.90 Å². The van der Waals surface area contributed by atoms with Crippen molar-refractivity contribution in [3.05, 3.63) is 70.5 Å². The number of carbonyl (C=O) groups is 1. The first-order chi connectivity index (χ1) is 18.1. The van der Waals surface area contributed by atoms with E-state index >= 15 is 0 Å². The Labute approximate surface area is 225 Å². The second kappa shape index (κ2) is 9.28. The topological polar surface area (TPSA) is 61.2 Å². The molecule has 0 aromatic heterocycles. The first-order valence-electron chi connectivity index (χ1n) is 13.3. The molecular weight excluding hydrogens is 535 g/mol. The quantitative estimate of drug-likeness (QED) is 0.431. The molecule has 2 aromatic carbocycles. The van der Waals surface area contributed by atoms with E-state index in [0.717, 1.165) is 11.1 Å². The summed E-state index contributed by atoms with van der Waals surface area (Å²) in [6, 6.07) is 9.98. The van der Waals surface area contributed by atoms with E-state index in [1.807, 2.05) is 11.8 Å². The molecule has 2 aliphatic heterocycles. The summed E-state index contributed by atoms with van der Waals surface area (Å²) in [5.41, 5.74) is -3.00. The van der Waals surface area contributed by atoms with Gasteiger partial charge < -0.3 is 4.90 Å². The van der Waals surface area contributed by atoms with Crippen molar-refractivity contribution in [2.45, 2.75) is 75.7 Å². The number of nitrogens with one attached hydrogen (secondary N) is 1. The fourth-order valence-corrected chi connectivity index (χ4v) is 8.56. The molecule has 3 aliphatic rings. The van der Waals surface area contributed by atoms with Gasteiger partial charge in [0.25, 0.3) is 0 Å². The number of fused-ring (bicyclic) bond motifs is 3. The normalized spacial score (nSPS) is 32.3. The van der Waals surface area contributed by atoms with E-state index in [4.69, 9.17) is 4.78 Å². The third kappa shape index (κ3) is 4.76. The predicted octanol–water partition coefficient (Wildman–Crippen LogP) is 6.45. The van der Waals surface area contributed by atoms with Crippen LogP contribution in [-0.2, 0) is 38.4 Å². The molecule has 1 unspecified atom stereocenters. The number of rotatable bonds is 4. The molecule has 2 aromatic rings. The fraction of sp³-hybridized carbons (Fsp3) is 0.552. The van der Waals surface area contributed by atoms with Crippen LogP contribution in [-0.4, -0.2) is 45.3 Å². The van der Waals surface area contributed by atoms with Crippen molar-refractivity contribution in [1.29, 1.82) is 4.78 Å². The number of amides is 1. The Balaban J connectivity index is 1.55. The maximum atomic E-state index is 14.9. The molecule has 4 nitrogen and oxygen atoms in total. The predicted molar refractivity (Wildman–Crippen MR) is 139 cm³/mol. The van der Waals surface area contributed by atoms with E-state index in [-0.39, 0.29) is 29.3 Å². The van der Waals surface area contributed by atoms with Gasteiger partial charge in [-0.1, -0.05) is 37.3 Å².